The minimum Gasteiger partial charge on any atom is -0.347 e. The van der Waals surface area contributed by atoms with Gasteiger partial charge in [-0.25, -0.2) is 14.4 Å². The lowest BCUT2D eigenvalue weighted by molar-refractivity contribution is -0.0759. The van der Waals surface area contributed by atoms with Crippen molar-refractivity contribution in [2.45, 2.75) is 39.1 Å². The topological polar surface area (TPSA) is 47.0 Å². The van der Waals surface area contributed by atoms with Gasteiger partial charge in [0.2, 0.25) is 12.3 Å². The number of hydrogen-bond donors (Lipinski definition) is 1. The maximum absolute atomic E-state index is 13.4. The van der Waals surface area contributed by atoms with Gasteiger partial charge in [0, 0.05) is 11.4 Å². The fourth-order valence-corrected chi connectivity index (χ4v) is 1.84. The lowest BCUT2D eigenvalue weighted by Crippen LogP contribution is -2.37. The molecule has 0 aromatic carbocycles. The van der Waals surface area contributed by atoms with Crippen LogP contribution in [-0.4, -0.2) is 29.0 Å². The standard InChI is InChI=1S/C11H16FN3O/c1-7-6-8(2)14-11(13-7)15-9-4-3-5-16-10(9)12/h6,9-10H,3-5H2,1-2H3,(H,13,14,15). The molecule has 2 heterocycles. The Labute approximate surface area is 94.2 Å². The van der Waals surface area contributed by atoms with Crippen molar-refractivity contribution in [3.63, 3.8) is 0 Å². The molecule has 0 bridgehead atoms. The van der Waals surface area contributed by atoms with Crippen LogP contribution in [0.4, 0.5) is 10.3 Å². The molecule has 1 aliphatic heterocycles. The largest absolute Gasteiger partial charge is 0.347 e. The van der Waals surface area contributed by atoms with Gasteiger partial charge in [-0.2, -0.15) is 0 Å². The third-order valence-corrected chi connectivity index (χ3v) is 2.55. The third kappa shape index (κ3) is 2.66. The molecule has 88 valence electrons. The fourth-order valence-electron chi connectivity index (χ4n) is 1.84. The van der Waals surface area contributed by atoms with Crippen molar-refractivity contribution < 1.29 is 9.13 Å². The minimum atomic E-state index is -1.27. The van der Waals surface area contributed by atoms with Crippen LogP contribution in [0, 0.1) is 13.8 Å². The van der Waals surface area contributed by atoms with Crippen LogP contribution in [0.5, 0.6) is 0 Å². The zero-order valence-electron chi connectivity index (χ0n) is 9.53. The molecule has 0 radical (unpaired) electrons. The average Bonchev–Trinajstić information content (AvgIpc) is 2.20. The molecule has 1 aromatic heterocycles. The number of nitrogens with zero attached hydrogens (tertiary/aromatic N) is 2. The molecular weight excluding hydrogens is 209 g/mol. The van der Waals surface area contributed by atoms with Crippen LogP contribution in [0.15, 0.2) is 6.07 Å². The molecule has 1 fully saturated rings. The molecule has 4 nitrogen and oxygen atoms in total. The van der Waals surface area contributed by atoms with Gasteiger partial charge in [0.25, 0.3) is 0 Å². The van der Waals surface area contributed by atoms with Crippen molar-refractivity contribution in [2.75, 3.05) is 11.9 Å². The highest BCUT2D eigenvalue weighted by Gasteiger charge is 2.25. The van der Waals surface area contributed by atoms with Crippen molar-refractivity contribution in [3.05, 3.63) is 17.5 Å². The van der Waals surface area contributed by atoms with Crippen LogP contribution in [0.25, 0.3) is 0 Å². The van der Waals surface area contributed by atoms with E-state index in [9.17, 15) is 4.39 Å². The van der Waals surface area contributed by atoms with E-state index >= 15 is 0 Å². The first kappa shape index (κ1) is 11.3. The van der Waals surface area contributed by atoms with Gasteiger partial charge in [-0.3, -0.25) is 0 Å². The summed E-state index contributed by atoms with van der Waals surface area (Å²) < 4.78 is 18.3. The van der Waals surface area contributed by atoms with Gasteiger partial charge in [0.1, 0.15) is 0 Å². The second-order valence-corrected chi connectivity index (χ2v) is 4.09. The molecule has 16 heavy (non-hydrogen) atoms. The van der Waals surface area contributed by atoms with E-state index in [1.807, 2.05) is 19.9 Å². The monoisotopic (exact) mass is 225 g/mol. The zero-order valence-corrected chi connectivity index (χ0v) is 9.53. The van der Waals surface area contributed by atoms with Gasteiger partial charge < -0.3 is 10.1 Å². The fraction of sp³-hybridized carbons (Fsp3) is 0.636. The highest BCUT2D eigenvalue weighted by Crippen LogP contribution is 2.18. The summed E-state index contributed by atoms with van der Waals surface area (Å²) in [6.07, 6.45) is 0.346. The summed E-state index contributed by atoms with van der Waals surface area (Å²) in [5.74, 6) is 0.482. The van der Waals surface area contributed by atoms with Crippen molar-refractivity contribution in [1.82, 2.24) is 9.97 Å². The van der Waals surface area contributed by atoms with E-state index in [1.165, 1.54) is 0 Å². The normalized spacial score (nSPS) is 25.4. The van der Waals surface area contributed by atoms with Crippen molar-refractivity contribution in [1.29, 1.82) is 0 Å². The minimum absolute atomic E-state index is 0.338. The molecule has 2 rings (SSSR count). The van der Waals surface area contributed by atoms with Crippen molar-refractivity contribution >= 4 is 5.95 Å². The Hall–Kier alpha value is -1.23. The van der Waals surface area contributed by atoms with Gasteiger partial charge in [0.05, 0.1) is 12.6 Å². The Morgan fingerprint density at radius 3 is 2.69 bits per heavy atom. The molecule has 0 spiro atoms. The zero-order chi connectivity index (χ0) is 11.5. The van der Waals surface area contributed by atoms with Crippen LogP contribution in [0.3, 0.4) is 0 Å². The third-order valence-electron chi connectivity index (χ3n) is 2.55. The van der Waals surface area contributed by atoms with Gasteiger partial charge in [0.15, 0.2) is 0 Å². The van der Waals surface area contributed by atoms with Crippen molar-refractivity contribution in [2.24, 2.45) is 0 Å². The summed E-state index contributed by atoms with van der Waals surface area (Å²) in [6, 6.07) is 1.55. The van der Waals surface area contributed by atoms with Crippen LogP contribution < -0.4 is 5.32 Å². The van der Waals surface area contributed by atoms with Crippen LogP contribution >= 0.6 is 0 Å². The van der Waals surface area contributed by atoms with Gasteiger partial charge >= 0.3 is 0 Å². The maximum atomic E-state index is 13.4. The average molecular weight is 225 g/mol. The summed E-state index contributed by atoms with van der Waals surface area (Å²) in [5, 5.41) is 2.99. The molecule has 0 aliphatic carbocycles. The second-order valence-electron chi connectivity index (χ2n) is 4.09. The molecule has 1 saturated heterocycles. The molecule has 0 saturated carbocycles. The Morgan fingerprint density at radius 1 is 1.38 bits per heavy atom. The molecule has 1 aliphatic rings. The van der Waals surface area contributed by atoms with E-state index in [2.05, 4.69) is 15.3 Å². The number of alkyl halides is 1. The molecule has 1 aromatic rings. The molecular formula is C11H16FN3O. The highest BCUT2D eigenvalue weighted by atomic mass is 19.1. The number of aromatic nitrogens is 2. The molecule has 1 N–H and O–H groups in total. The summed E-state index contributed by atoms with van der Waals surface area (Å²) >= 11 is 0. The van der Waals surface area contributed by atoms with Gasteiger partial charge in [-0.15, -0.1) is 0 Å². The quantitative estimate of drug-likeness (QED) is 0.836. The number of halogens is 1. The molecule has 0 amide bonds. The summed E-state index contributed by atoms with van der Waals surface area (Å²) in [6.45, 7) is 4.28. The number of anilines is 1. The number of nitrogens with one attached hydrogen (secondary N) is 1. The summed E-state index contributed by atoms with van der Waals surface area (Å²) in [4.78, 5) is 8.44. The highest BCUT2D eigenvalue weighted by molar-refractivity contribution is 5.29. The van der Waals surface area contributed by atoms with E-state index in [0.717, 1.165) is 24.2 Å². The molecule has 2 unspecified atom stereocenters. The Balaban J connectivity index is 2.07. The first-order valence-corrected chi connectivity index (χ1v) is 5.49. The number of aryl methyl sites for hydroxylation is 2. The predicted molar refractivity (Wildman–Crippen MR) is 59.0 cm³/mol. The number of ether oxygens (including phenoxy) is 1. The predicted octanol–water partition coefficient (Wildman–Crippen LogP) is 1.98. The first-order chi connectivity index (χ1) is 7.65. The van der Waals surface area contributed by atoms with Crippen LogP contribution in [-0.2, 0) is 4.74 Å². The van der Waals surface area contributed by atoms with E-state index in [1.54, 1.807) is 0 Å². The van der Waals surface area contributed by atoms with E-state index in [0.29, 0.717) is 12.6 Å². The number of hydrogen-bond acceptors (Lipinski definition) is 4. The Kier molecular flexibility index (Phi) is 3.33. The van der Waals surface area contributed by atoms with E-state index < -0.39 is 6.36 Å². The SMILES string of the molecule is Cc1cc(C)nc(NC2CCCOC2F)n1. The van der Waals surface area contributed by atoms with Crippen LogP contribution in [0.1, 0.15) is 24.2 Å². The van der Waals surface area contributed by atoms with Gasteiger partial charge in [-0.1, -0.05) is 0 Å². The first-order valence-electron chi connectivity index (χ1n) is 5.49. The molecule has 2 atom stereocenters. The van der Waals surface area contributed by atoms with Crippen LogP contribution in [0.2, 0.25) is 0 Å². The van der Waals surface area contributed by atoms with E-state index in [4.69, 9.17) is 4.74 Å². The summed E-state index contributed by atoms with van der Waals surface area (Å²) in [7, 11) is 0. The van der Waals surface area contributed by atoms with E-state index in [-0.39, 0.29) is 6.04 Å². The Bertz CT molecular complexity index is 352. The second kappa shape index (κ2) is 4.74. The number of rotatable bonds is 2. The lowest BCUT2D eigenvalue weighted by atomic mass is 10.1. The smallest absolute Gasteiger partial charge is 0.223 e. The molecule has 5 heteroatoms. The maximum Gasteiger partial charge on any atom is 0.223 e. The Morgan fingerprint density at radius 2 is 2.06 bits per heavy atom. The van der Waals surface area contributed by atoms with Gasteiger partial charge in [-0.05, 0) is 32.8 Å². The van der Waals surface area contributed by atoms with Crippen molar-refractivity contribution in [3.8, 4) is 0 Å². The summed E-state index contributed by atoms with van der Waals surface area (Å²) in [5.41, 5.74) is 1.75. The lowest BCUT2D eigenvalue weighted by Gasteiger charge is -2.26.